The van der Waals surface area contributed by atoms with Gasteiger partial charge in [-0.15, -0.1) is 0 Å². The van der Waals surface area contributed by atoms with Crippen LogP contribution in [0.15, 0.2) is 6.20 Å². The van der Waals surface area contributed by atoms with Gasteiger partial charge >= 0.3 is 0 Å². The summed E-state index contributed by atoms with van der Waals surface area (Å²) in [4.78, 5) is 0. The van der Waals surface area contributed by atoms with Crippen LogP contribution in [-0.2, 0) is 6.42 Å². The number of hydrogen-bond acceptors (Lipinski definition) is 2. The molecule has 1 aromatic heterocycles. The molecule has 2 rings (SSSR count). The Kier molecular flexibility index (Phi) is 1.16. The van der Waals surface area contributed by atoms with E-state index in [0.717, 1.165) is 24.7 Å². The molecule has 0 aromatic carbocycles. The van der Waals surface area contributed by atoms with Crippen LogP contribution in [0.2, 0.25) is 0 Å². The van der Waals surface area contributed by atoms with Crippen LogP contribution in [0.3, 0.4) is 0 Å². The summed E-state index contributed by atoms with van der Waals surface area (Å²) in [5.74, 6) is 1.85. The maximum Gasteiger partial charge on any atom is 0.124 e. The fourth-order valence-electron chi connectivity index (χ4n) is 1.34. The summed E-state index contributed by atoms with van der Waals surface area (Å²) in [6, 6.07) is 0. The number of aromatic nitrogens is 2. The normalized spacial score (nSPS) is 23.5. The Morgan fingerprint density at radius 2 is 2.60 bits per heavy atom. The third-order valence-corrected chi connectivity index (χ3v) is 1.91. The highest BCUT2D eigenvalue weighted by Crippen LogP contribution is 2.20. The molecule has 0 aliphatic carbocycles. The second kappa shape index (κ2) is 2.01. The van der Waals surface area contributed by atoms with Gasteiger partial charge in [-0.25, -0.2) is 0 Å². The zero-order chi connectivity index (χ0) is 6.97. The van der Waals surface area contributed by atoms with Crippen molar-refractivity contribution in [3.63, 3.8) is 0 Å². The number of nitrogens with one attached hydrogen (secondary N) is 2. The predicted molar refractivity (Wildman–Crippen MR) is 39.9 cm³/mol. The number of anilines is 1. The molecule has 0 amide bonds. The first kappa shape index (κ1) is 5.77. The van der Waals surface area contributed by atoms with Gasteiger partial charge in [0.2, 0.25) is 0 Å². The Morgan fingerprint density at radius 3 is 3.50 bits per heavy atom. The van der Waals surface area contributed by atoms with Crippen molar-refractivity contribution >= 4 is 5.82 Å². The van der Waals surface area contributed by atoms with Crippen LogP contribution in [-0.4, -0.2) is 16.7 Å². The van der Waals surface area contributed by atoms with E-state index in [9.17, 15) is 0 Å². The Morgan fingerprint density at radius 1 is 1.70 bits per heavy atom. The van der Waals surface area contributed by atoms with Crippen molar-refractivity contribution in [1.82, 2.24) is 10.2 Å². The molecule has 0 radical (unpaired) electrons. The maximum atomic E-state index is 3.95. The average Bonchev–Trinajstić information content (AvgIpc) is 2.33. The van der Waals surface area contributed by atoms with E-state index in [1.54, 1.807) is 0 Å². The SMILES string of the molecule is CC1CNc2[nH]ncc2C1. The first-order valence-electron chi connectivity index (χ1n) is 3.62. The van der Waals surface area contributed by atoms with E-state index in [4.69, 9.17) is 0 Å². The molecule has 54 valence electrons. The summed E-state index contributed by atoms with van der Waals surface area (Å²) in [6.45, 7) is 3.30. The fourth-order valence-corrected chi connectivity index (χ4v) is 1.34. The zero-order valence-corrected chi connectivity index (χ0v) is 6.02. The Bertz CT molecular complexity index is 229. The highest BCUT2D eigenvalue weighted by Gasteiger charge is 2.14. The molecule has 10 heavy (non-hydrogen) atoms. The van der Waals surface area contributed by atoms with E-state index in [-0.39, 0.29) is 0 Å². The molecule has 1 atom stereocenters. The first-order valence-corrected chi connectivity index (χ1v) is 3.62. The molecule has 0 fully saturated rings. The van der Waals surface area contributed by atoms with Crippen molar-refractivity contribution in [3.8, 4) is 0 Å². The first-order chi connectivity index (χ1) is 4.86. The van der Waals surface area contributed by atoms with Crippen LogP contribution in [0, 0.1) is 5.92 Å². The Hall–Kier alpha value is -0.990. The van der Waals surface area contributed by atoms with Crippen LogP contribution in [0.5, 0.6) is 0 Å². The summed E-state index contributed by atoms with van der Waals surface area (Å²) in [7, 11) is 0. The van der Waals surface area contributed by atoms with Crippen LogP contribution < -0.4 is 5.32 Å². The summed E-state index contributed by atoms with van der Waals surface area (Å²) in [5.41, 5.74) is 1.32. The van der Waals surface area contributed by atoms with Gasteiger partial charge in [-0.05, 0) is 12.3 Å². The third kappa shape index (κ3) is 0.781. The van der Waals surface area contributed by atoms with Crippen molar-refractivity contribution < 1.29 is 0 Å². The van der Waals surface area contributed by atoms with Crippen LogP contribution in [0.4, 0.5) is 5.82 Å². The Labute approximate surface area is 59.8 Å². The summed E-state index contributed by atoms with van der Waals surface area (Å²) < 4.78 is 0. The van der Waals surface area contributed by atoms with Crippen molar-refractivity contribution in [3.05, 3.63) is 11.8 Å². The molecule has 1 aliphatic heterocycles. The van der Waals surface area contributed by atoms with Gasteiger partial charge in [0.1, 0.15) is 5.82 Å². The van der Waals surface area contributed by atoms with Crippen molar-refractivity contribution in [2.24, 2.45) is 5.92 Å². The van der Waals surface area contributed by atoms with Crippen molar-refractivity contribution in [2.75, 3.05) is 11.9 Å². The van der Waals surface area contributed by atoms with Crippen molar-refractivity contribution in [2.45, 2.75) is 13.3 Å². The minimum atomic E-state index is 0.741. The van der Waals surface area contributed by atoms with Gasteiger partial charge in [-0.1, -0.05) is 6.92 Å². The summed E-state index contributed by atoms with van der Waals surface area (Å²) in [5, 5.41) is 10.1. The maximum absolute atomic E-state index is 3.95. The minimum absolute atomic E-state index is 0.741. The van der Waals surface area contributed by atoms with Gasteiger partial charge in [-0.2, -0.15) is 5.10 Å². The molecule has 2 heterocycles. The molecule has 1 aromatic rings. The van der Waals surface area contributed by atoms with Crippen LogP contribution in [0.25, 0.3) is 0 Å². The third-order valence-electron chi connectivity index (χ3n) is 1.91. The van der Waals surface area contributed by atoms with E-state index >= 15 is 0 Å². The highest BCUT2D eigenvalue weighted by molar-refractivity contribution is 5.44. The van der Waals surface area contributed by atoms with Gasteiger partial charge in [0.25, 0.3) is 0 Å². The average molecular weight is 137 g/mol. The number of rotatable bonds is 0. The highest BCUT2D eigenvalue weighted by atomic mass is 15.2. The number of fused-ring (bicyclic) bond motifs is 1. The van der Waals surface area contributed by atoms with Gasteiger partial charge in [0.15, 0.2) is 0 Å². The fraction of sp³-hybridized carbons (Fsp3) is 0.571. The lowest BCUT2D eigenvalue weighted by molar-refractivity contribution is 0.594. The standard InChI is InChI=1S/C7H11N3/c1-5-2-6-4-9-10-7(6)8-3-5/h4-5H,2-3H2,1H3,(H2,8,9,10). The molecule has 3 nitrogen and oxygen atoms in total. The molecule has 0 bridgehead atoms. The second-order valence-electron chi connectivity index (χ2n) is 2.96. The topological polar surface area (TPSA) is 40.7 Å². The molecule has 0 saturated carbocycles. The number of hydrogen-bond donors (Lipinski definition) is 2. The quantitative estimate of drug-likeness (QED) is 0.560. The van der Waals surface area contributed by atoms with E-state index < -0.39 is 0 Å². The molecule has 3 heteroatoms. The molecular weight excluding hydrogens is 126 g/mol. The number of aromatic amines is 1. The van der Waals surface area contributed by atoms with E-state index in [1.165, 1.54) is 5.56 Å². The van der Waals surface area contributed by atoms with Crippen molar-refractivity contribution in [1.29, 1.82) is 0 Å². The predicted octanol–water partition coefficient (Wildman–Crippen LogP) is 1.01. The number of H-pyrrole nitrogens is 1. The largest absolute Gasteiger partial charge is 0.370 e. The van der Waals surface area contributed by atoms with Crippen LogP contribution in [0.1, 0.15) is 12.5 Å². The Balaban J connectivity index is 2.30. The van der Waals surface area contributed by atoms with E-state index in [2.05, 4.69) is 22.4 Å². The molecular formula is C7H11N3. The number of nitrogens with zero attached hydrogens (tertiary/aromatic N) is 1. The minimum Gasteiger partial charge on any atom is -0.370 e. The smallest absolute Gasteiger partial charge is 0.124 e. The molecule has 0 spiro atoms. The summed E-state index contributed by atoms with van der Waals surface area (Å²) >= 11 is 0. The molecule has 1 aliphatic rings. The summed E-state index contributed by atoms with van der Waals surface area (Å²) in [6.07, 6.45) is 3.05. The monoisotopic (exact) mass is 137 g/mol. The lowest BCUT2D eigenvalue weighted by atomic mass is 10.00. The zero-order valence-electron chi connectivity index (χ0n) is 6.02. The molecule has 2 N–H and O–H groups in total. The molecule has 0 saturated heterocycles. The van der Waals surface area contributed by atoms with Gasteiger partial charge in [0, 0.05) is 12.1 Å². The van der Waals surface area contributed by atoms with Gasteiger partial charge in [0.05, 0.1) is 6.20 Å². The lowest BCUT2D eigenvalue weighted by Gasteiger charge is -2.18. The molecule has 1 unspecified atom stereocenters. The van der Waals surface area contributed by atoms with Gasteiger partial charge in [-0.3, -0.25) is 5.10 Å². The van der Waals surface area contributed by atoms with E-state index in [0.29, 0.717) is 0 Å². The lowest BCUT2D eigenvalue weighted by Crippen LogP contribution is -2.19. The van der Waals surface area contributed by atoms with Crippen LogP contribution >= 0.6 is 0 Å². The van der Waals surface area contributed by atoms with E-state index in [1.807, 2.05) is 6.20 Å². The second-order valence-corrected chi connectivity index (χ2v) is 2.96. The van der Waals surface area contributed by atoms with Gasteiger partial charge < -0.3 is 5.32 Å².